The van der Waals surface area contributed by atoms with Gasteiger partial charge in [-0.15, -0.1) is 11.3 Å². The summed E-state index contributed by atoms with van der Waals surface area (Å²) >= 11 is 6.63. The van der Waals surface area contributed by atoms with E-state index in [0.717, 1.165) is 29.1 Å². The molecule has 0 bridgehead atoms. The van der Waals surface area contributed by atoms with Gasteiger partial charge >= 0.3 is 0 Å². The number of nitrogens with one attached hydrogen (secondary N) is 1. The van der Waals surface area contributed by atoms with E-state index in [1.807, 2.05) is 20.0 Å². The second-order valence-corrected chi connectivity index (χ2v) is 6.51. The maximum Gasteiger partial charge on any atom is 0.233 e. The Bertz CT molecular complexity index is 479. The first kappa shape index (κ1) is 13.4. The van der Waals surface area contributed by atoms with Gasteiger partial charge in [-0.1, -0.05) is 18.6 Å². The molecule has 1 amide bonds. The van der Waals surface area contributed by atoms with Crippen LogP contribution >= 0.6 is 23.6 Å². The molecular weight excluding hydrogens is 266 g/mol. The minimum atomic E-state index is -0.615. The molecule has 1 aromatic heterocycles. The molecule has 1 aliphatic rings. The number of hydrogen-bond donors (Lipinski definition) is 2. The molecule has 98 valence electrons. The highest BCUT2D eigenvalue weighted by atomic mass is 32.1. The molecule has 0 saturated heterocycles. The van der Waals surface area contributed by atoms with Crippen LogP contribution in [0.3, 0.4) is 0 Å². The second kappa shape index (κ2) is 4.93. The van der Waals surface area contributed by atoms with Gasteiger partial charge in [0.15, 0.2) is 0 Å². The molecule has 1 aliphatic carbocycles. The predicted molar refractivity (Wildman–Crippen MR) is 76.5 cm³/mol. The Morgan fingerprint density at radius 3 is 2.72 bits per heavy atom. The Kier molecular flexibility index (Phi) is 3.68. The van der Waals surface area contributed by atoms with Gasteiger partial charge in [-0.25, -0.2) is 4.98 Å². The fourth-order valence-corrected chi connectivity index (χ4v) is 3.16. The number of amides is 1. The molecule has 0 spiro atoms. The fraction of sp³-hybridized carbons (Fsp3) is 0.583. The van der Waals surface area contributed by atoms with Gasteiger partial charge in [-0.2, -0.15) is 0 Å². The SMILES string of the molecule is Cc1cnc(C(C)NC(=O)C2(C(N)=S)CCC2)s1. The Hall–Kier alpha value is -1.01. The largest absolute Gasteiger partial charge is 0.392 e. The quantitative estimate of drug-likeness (QED) is 0.830. The van der Waals surface area contributed by atoms with Crippen molar-refractivity contribution in [3.63, 3.8) is 0 Å². The molecule has 6 heteroatoms. The summed E-state index contributed by atoms with van der Waals surface area (Å²) in [6.45, 7) is 3.93. The third-order valence-electron chi connectivity index (χ3n) is 3.47. The number of thiazole rings is 1. The van der Waals surface area contributed by atoms with Crippen molar-refractivity contribution in [2.24, 2.45) is 11.1 Å². The van der Waals surface area contributed by atoms with E-state index in [1.165, 1.54) is 0 Å². The van der Waals surface area contributed by atoms with Crippen LogP contribution in [0.15, 0.2) is 6.20 Å². The molecule has 1 heterocycles. The predicted octanol–water partition coefficient (Wildman–Crippen LogP) is 2.09. The maximum atomic E-state index is 12.3. The fourth-order valence-electron chi connectivity index (χ4n) is 2.08. The highest BCUT2D eigenvalue weighted by Crippen LogP contribution is 2.42. The van der Waals surface area contributed by atoms with Gasteiger partial charge in [-0.05, 0) is 26.7 Å². The molecule has 1 fully saturated rings. The van der Waals surface area contributed by atoms with Crippen LogP contribution < -0.4 is 11.1 Å². The number of hydrogen-bond acceptors (Lipinski definition) is 4. The van der Waals surface area contributed by atoms with Crippen LogP contribution in [0.2, 0.25) is 0 Å². The summed E-state index contributed by atoms with van der Waals surface area (Å²) in [5.74, 6) is -0.0541. The lowest BCUT2D eigenvalue weighted by Gasteiger charge is -2.39. The molecule has 1 aromatic rings. The van der Waals surface area contributed by atoms with E-state index < -0.39 is 5.41 Å². The Labute approximate surface area is 116 Å². The number of aromatic nitrogens is 1. The molecule has 18 heavy (non-hydrogen) atoms. The highest BCUT2D eigenvalue weighted by Gasteiger charge is 2.47. The molecule has 0 aliphatic heterocycles. The summed E-state index contributed by atoms with van der Waals surface area (Å²) in [4.78, 5) is 18.0. The van der Waals surface area contributed by atoms with Gasteiger partial charge in [0.25, 0.3) is 0 Å². The van der Waals surface area contributed by atoms with Gasteiger partial charge in [0, 0.05) is 11.1 Å². The van der Waals surface area contributed by atoms with E-state index in [9.17, 15) is 4.79 Å². The zero-order chi connectivity index (χ0) is 13.3. The Morgan fingerprint density at radius 2 is 2.33 bits per heavy atom. The van der Waals surface area contributed by atoms with Crippen molar-refractivity contribution < 1.29 is 4.79 Å². The van der Waals surface area contributed by atoms with E-state index in [1.54, 1.807) is 11.3 Å². The standard InChI is InChI=1S/C12H17N3OS2/c1-7-6-14-9(18-7)8(2)15-11(16)12(10(13)17)4-3-5-12/h6,8H,3-5H2,1-2H3,(H2,13,17)(H,15,16). The summed E-state index contributed by atoms with van der Waals surface area (Å²) in [6, 6.07) is -0.0944. The summed E-state index contributed by atoms with van der Waals surface area (Å²) in [7, 11) is 0. The van der Waals surface area contributed by atoms with E-state index in [2.05, 4.69) is 10.3 Å². The van der Waals surface area contributed by atoms with Crippen LogP contribution in [-0.2, 0) is 4.79 Å². The van der Waals surface area contributed by atoms with Crippen molar-refractivity contribution in [1.82, 2.24) is 10.3 Å². The number of rotatable bonds is 4. The molecule has 2 rings (SSSR count). The average Bonchev–Trinajstić information content (AvgIpc) is 2.62. The monoisotopic (exact) mass is 283 g/mol. The second-order valence-electron chi connectivity index (χ2n) is 4.80. The smallest absolute Gasteiger partial charge is 0.233 e. The Morgan fingerprint density at radius 1 is 1.67 bits per heavy atom. The lowest BCUT2D eigenvalue weighted by molar-refractivity contribution is -0.131. The third-order valence-corrected chi connectivity index (χ3v) is 4.96. The van der Waals surface area contributed by atoms with E-state index in [0.29, 0.717) is 4.99 Å². The molecule has 3 N–H and O–H groups in total. The number of nitrogens with zero attached hydrogens (tertiary/aromatic N) is 1. The van der Waals surface area contributed by atoms with Gasteiger partial charge in [0.05, 0.1) is 16.4 Å². The minimum Gasteiger partial charge on any atom is -0.392 e. The normalized spacial score (nSPS) is 18.8. The van der Waals surface area contributed by atoms with Crippen LogP contribution in [0.5, 0.6) is 0 Å². The van der Waals surface area contributed by atoms with Crippen molar-refractivity contribution >= 4 is 34.5 Å². The Balaban J connectivity index is 2.05. The summed E-state index contributed by atoms with van der Waals surface area (Å²) in [5, 5.41) is 3.89. The maximum absolute atomic E-state index is 12.3. The van der Waals surface area contributed by atoms with Gasteiger partial charge < -0.3 is 11.1 Å². The zero-order valence-corrected chi connectivity index (χ0v) is 12.2. The molecule has 1 unspecified atom stereocenters. The van der Waals surface area contributed by atoms with Crippen molar-refractivity contribution in [3.05, 3.63) is 16.1 Å². The topological polar surface area (TPSA) is 68.0 Å². The van der Waals surface area contributed by atoms with Crippen LogP contribution in [0.4, 0.5) is 0 Å². The van der Waals surface area contributed by atoms with E-state index in [4.69, 9.17) is 18.0 Å². The van der Waals surface area contributed by atoms with Crippen LogP contribution in [0, 0.1) is 12.3 Å². The molecular formula is C12H17N3OS2. The van der Waals surface area contributed by atoms with Gasteiger partial charge in [-0.3, -0.25) is 4.79 Å². The first-order chi connectivity index (χ1) is 8.45. The lowest BCUT2D eigenvalue weighted by atomic mass is 9.68. The van der Waals surface area contributed by atoms with Crippen molar-refractivity contribution in [3.8, 4) is 0 Å². The molecule has 1 saturated carbocycles. The van der Waals surface area contributed by atoms with Crippen LogP contribution in [0.25, 0.3) is 0 Å². The van der Waals surface area contributed by atoms with E-state index >= 15 is 0 Å². The number of aryl methyl sites for hydroxylation is 1. The number of thiocarbonyl (C=S) groups is 1. The molecule has 0 radical (unpaired) electrons. The van der Waals surface area contributed by atoms with Gasteiger partial charge in [0.2, 0.25) is 5.91 Å². The highest BCUT2D eigenvalue weighted by molar-refractivity contribution is 7.80. The van der Waals surface area contributed by atoms with Crippen LogP contribution in [0.1, 0.15) is 42.1 Å². The first-order valence-corrected chi connectivity index (χ1v) is 7.21. The number of carbonyl (C=O) groups is 1. The number of nitrogens with two attached hydrogens (primary N) is 1. The van der Waals surface area contributed by atoms with Crippen LogP contribution in [-0.4, -0.2) is 15.9 Å². The average molecular weight is 283 g/mol. The third kappa shape index (κ3) is 2.27. The van der Waals surface area contributed by atoms with E-state index in [-0.39, 0.29) is 11.9 Å². The first-order valence-electron chi connectivity index (χ1n) is 5.99. The lowest BCUT2D eigenvalue weighted by Crippen LogP contribution is -2.53. The summed E-state index contributed by atoms with van der Waals surface area (Å²) in [5.41, 5.74) is 5.09. The molecule has 4 nitrogen and oxygen atoms in total. The zero-order valence-electron chi connectivity index (χ0n) is 10.5. The van der Waals surface area contributed by atoms with Crippen molar-refractivity contribution in [2.45, 2.75) is 39.2 Å². The summed E-state index contributed by atoms with van der Waals surface area (Å²) < 4.78 is 0. The minimum absolute atomic E-state index is 0.0541. The van der Waals surface area contributed by atoms with Gasteiger partial charge in [0.1, 0.15) is 5.01 Å². The molecule has 1 atom stereocenters. The van der Waals surface area contributed by atoms with Crippen molar-refractivity contribution in [1.29, 1.82) is 0 Å². The molecule has 0 aromatic carbocycles. The van der Waals surface area contributed by atoms with Crippen molar-refractivity contribution in [2.75, 3.05) is 0 Å². The number of carbonyl (C=O) groups excluding carboxylic acids is 1. The summed E-state index contributed by atoms with van der Waals surface area (Å²) in [6.07, 6.45) is 4.35.